The average Bonchev–Trinajstić information content (AvgIpc) is 3.28. The third kappa shape index (κ3) is 3.26. The summed E-state index contributed by atoms with van der Waals surface area (Å²) in [7, 11) is 0. The maximum absolute atomic E-state index is 14.0. The molecule has 9 heteroatoms. The van der Waals surface area contributed by atoms with E-state index in [-0.39, 0.29) is 37.4 Å². The maximum Gasteiger partial charge on any atom is 0.257 e. The first-order valence-corrected chi connectivity index (χ1v) is 10.5. The van der Waals surface area contributed by atoms with E-state index < -0.39 is 47.0 Å². The maximum atomic E-state index is 14.0. The van der Waals surface area contributed by atoms with E-state index in [1.165, 1.54) is 29.2 Å². The summed E-state index contributed by atoms with van der Waals surface area (Å²) in [6.07, 6.45) is 0.964. The van der Waals surface area contributed by atoms with Crippen molar-refractivity contribution in [3.05, 3.63) is 70.8 Å². The van der Waals surface area contributed by atoms with Gasteiger partial charge in [0.25, 0.3) is 11.8 Å². The van der Waals surface area contributed by atoms with E-state index in [2.05, 4.69) is 0 Å². The van der Waals surface area contributed by atoms with E-state index >= 15 is 0 Å². The number of halogens is 4. The van der Waals surface area contributed by atoms with Crippen molar-refractivity contribution in [2.75, 3.05) is 13.1 Å². The number of likely N-dealkylation sites (tertiary alicyclic amines) is 1. The van der Waals surface area contributed by atoms with E-state index in [9.17, 15) is 27.2 Å². The number of fused-ring (bicyclic) bond motifs is 1. The van der Waals surface area contributed by atoms with E-state index in [0.717, 1.165) is 12.1 Å². The van der Waals surface area contributed by atoms with Crippen LogP contribution in [0.5, 0.6) is 0 Å². The Hall–Kier alpha value is -2.94. The Bertz CT molecular complexity index is 1080. The van der Waals surface area contributed by atoms with E-state index in [4.69, 9.17) is 4.74 Å². The van der Waals surface area contributed by atoms with Gasteiger partial charge in [0.2, 0.25) is 0 Å². The third-order valence-corrected chi connectivity index (χ3v) is 6.63. The van der Waals surface area contributed by atoms with Crippen LogP contribution >= 0.6 is 0 Å². The minimum atomic E-state index is -1.20. The summed E-state index contributed by atoms with van der Waals surface area (Å²) in [5.74, 6) is -4.62. The van der Waals surface area contributed by atoms with Gasteiger partial charge in [-0.15, -0.1) is 0 Å². The van der Waals surface area contributed by atoms with Crippen LogP contribution in [0.2, 0.25) is 0 Å². The fourth-order valence-electron chi connectivity index (χ4n) is 5.05. The Labute approximate surface area is 181 Å². The topological polar surface area (TPSA) is 49.9 Å². The number of benzene rings is 2. The van der Waals surface area contributed by atoms with Crippen molar-refractivity contribution >= 4 is 11.8 Å². The molecule has 0 aromatic heterocycles. The van der Waals surface area contributed by atoms with Gasteiger partial charge in [-0.05, 0) is 42.7 Å². The molecule has 2 amide bonds. The number of hydrogen-bond acceptors (Lipinski definition) is 3. The number of carbonyl (C=O) groups excluding carboxylic acids is 2. The Morgan fingerprint density at radius 2 is 1.69 bits per heavy atom. The fourth-order valence-corrected chi connectivity index (χ4v) is 5.05. The zero-order valence-electron chi connectivity index (χ0n) is 17.0. The van der Waals surface area contributed by atoms with Crippen molar-refractivity contribution in [2.24, 2.45) is 0 Å². The second kappa shape index (κ2) is 7.58. The van der Waals surface area contributed by atoms with Crippen molar-refractivity contribution in [2.45, 2.75) is 43.6 Å². The highest BCUT2D eigenvalue weighted by molar-refractivity contribution is 5.95. The Balaban J connectivity index is 1.32. The molecule has 0 aliphatic carbocycles. The lowest BCUT2D eigenvalue weighted by molar-refractivity contribution is -0.142. The van der Waals surface area contributed by atoms with Gasteiger partial charge in [0, 0.05) is 32.0 Å². The number of hydrogen-bond donors (Lipinski definition) is 0. The first kappa shape index (κ1) is 20.9. The number of ether oxygens (including phenoxy) is 1. The number of carbonyl (C=O) groups is 2. The van der Waals surface area contributed by atoms with E-state index in [0.29, 0.717) is 18.4 Å². The molecule has 5 nitrogen and oxygen atoms in total. The van der Waals surface area contributed by atoms with Gasteiger partial charge in [-0.2, -0.15) is 0 Å². The molecule has 0 unspecified atom stereocenters. The van der Waals surface area contributed by atoms with Crippen LogP contribution in [0.25, 0.3) is 0 Å². The molecule has 168 valence electrons. The van der Waals surface area contributed by atoms with Crippen LogP contribution in [0.3, 0.4) is 0 Å². The molecule has 0 saturated carbocycles. The lowest BCUT2D eigenvalue weighted by Crippen LogP contribution is -2.51. The van der Waals surface area contributed by atoms with Gasteiger partial charge in [-0.3, -0.25) is 9.59 Å². The average molecular weight is 448 g/mol. The Morgan fingerprint density at radius 3 is 2.38 bits per heavy atom. The highest BCUT2D eigenvalue weighted by Gasteiger charge is 2.58. The molecule has 32 heavy (non-hydrogen) atoms. The van der Waals surface area contributed by atoms with Crippen LogP contribution < -0.4 is 0 Å². The molecule has 0 bridgehead atoms. The molecule has 3 aliphatic rings. The lowest BCUT2D eigenvalue weighted by Gasteiger charge is -2.37. The van der Waals surface area contributed by atoms with E-state index in [1.807, 2.05) is 0 Å². The number of rotatable bonds is 2. The summed E-state index contributed by atoms with van der Waals surface area (Å²) in [5.41, 5.74) is -1.10. The standard InChI is InChI=1S/C23H20F4N2O3/c24-14-10-13(11-15(25)12-14)18-4-5-19-29(18)22(31)23(32-19)6-8-28(9-7-23)21(30)16-2-1-3-17(26)20(16)27/h1-3,10-12,18-19H,4-9H2/t18-,19+/m0/s1. The number of piperidine rings is 1. The molecular formula is C23H20F4N2O3. The summed E-state index contributed by atoms with van der Waals surface area (Å²) < 4.78 is 61.1. The summed E-state index contributed by atoms with van der Waals surface area (Å²) in [6.45, 7) is 0.278. The van der Waals surface area contributed by atoms with Gasteiger partial charge in [0.1, 0.15) is 17.9 Å². The Kier molecular flexibility index (Phi) is 4.96. The highest BCUT2D eigenvalue weighted by Crippen LogP contribution is 2.47. The van der Waals surface area contributed by atoms with Crippen LogP contribution in [-0.4, -0.2) is 46.5 Å². The predicted molar refractivity (Wildman–Crippen MR) is 104 cm³/mol. The van der Waals surface area contributed by atoms with Crippen molar-refractivity contribution in [3.63, 3.8) is 0 Å². The number of nitrogens with zero attached hydrogens (tertiary/aromatic N) is 2. The summed E-state index contributed by atoms with van der Waals surface area (Å²) >= 11 is 0. The molecule has 5 rings (SSSR count). The minimum Gasteiger partial charge on any atom is -0.342 e. The summed E-state index contributed by atoms with van der Waals surface area (Å²) in [6, 6.07) is 6.18. The van der Waals surface area contributed by atoms with Crippen molar-refractivity contribution in [1.29, 1.82) is 0 Å². The van der Waals surface area contributed by atoms with Gasteiger partial charge < -0.3 is 14.5 Å². The van der Waals surface area contributed by atoms with Gasteiger partial charge in [-0.1, -0.05) is 6.07 Å². The SMILES string of the molecule is O=C(c1cccc(F)c1F)N1CCC2(CC1)O[C@@H]1CC[C@@H](c3cc(F)cc(F)c3)N1C2=O. The zero-order chi connectivity index (χ0) is 22.6. The molecule has 0 N–H and O–H groups in total. The van der Waals surface area contributed by atoms with Gasteiger partial charge >= 0.3 is 0 Å². The van der Waals surface area contributed by atoms with Crippen molar-refractivity contribution in [1.82, 2.24) is 9.80 Å². The molecule has 2 aromatic rings. The fraction of sp³-hybridized carbons (Fsp3) is 0.391. The smallest absolute Gasteiger partial charge is 0.257 e. The predicted octanol–water partition coefficient (Wildman–Crippen LogP) is 3.94. The van der Waals surface area contributed by atoms with Crippen LogP contribution in [0.15, 0.2) is 36.4 Å². The quantitative estimate of drug-likeness (QED) is 0.654. The molecule has 3 fully saturated rings. The van der Waals surface area contributed by atoms with Crippen LogP contribution in [-0.2, 0) is 9.53 Å². The first-order chi connectivity index (χ1) is 15.3. The molecule has 3 aliphatic heterocycles. The van der Waals surface area contributed by atoms with Gasteiger partial charge in [-0.25, -0.2) is 17.6 Å². The van der Waals surface area contributed by atoms with Crippen LogP contribution in [0.1, 0.15) is 47.6 Å². The lowest BCUT2D eigenvalue weighted by atomic mass is 9.89. The minimum absolute atomic E-state index is 0.139. The molecule has 3 heterocycles. The molecule has 3 saturated heterocycles. The molecule has 2 aromatic carbocycles. The van der Waals surface area contributed by atoms with Crippen molar-refractivity contribution in [3.8, 4) is 0 Å². The third-order valence-electron chi connectivity index (χ3n) is 6.63. The normalized spacial score (nSPS) is 24.3. The largest absolute Gasteiger partial charge is 0.342 e. The molecule has 2 atom stereocenters. The molecule has 1 spiro atoms. The summed E-state index contributed by atoms with van der Waals surface area (Å²) in [5, 5.41) is 0. The zero-order valence-corrected chi connectivity index (χ0v) is 17.0. The second-order valence-corrected chi connectivity index (χ2v) is 8.47. The second-order valence-electron chi connectivity index (χ2n) is 8.47. The monoisotopic (exact) mass is 448 g/mol. The van der Waals surface area contributed by atoms with Crippen LogP contribution in [0.4, 0.5) is 17.6 Å². The Morgan fingerprint density at radius 1 is 1.00 bits per heavy atom. The molecular weight excluding hydrogens is 428 g/mol. The van der Waals surface area contributed by atoms with E-state index in [1.54, 1.807) is 4.90 Å². The van der Waals surface area contributed by atoms with Crippen LogP contribution in [0, 0.1) is 23.3 Å². The highest BCUT2D eigenvalue weighted by atomic mass is 19.2. The first-order valence-electron chi connectivity index (χ1n) is 10.5. The van der Waals surface area contributed by atoms with Gasteiger partial charge in [0.15, 0.2) is 17.2 Å². The van der Waals surface area contributed by atoms with Crippen molar-refractivity contribution < 1.29 is 31.9 Å². The molecule has 0 radical (unpaired) electrons. The summed E-state index contributed by atoms with van der Waals surface area (Å²) in [4.78, 5) is 29.0. The number of amides is 2. The van der Waals surface area contributed by atoms with Gasteiger partial charge in [0.05, 0.1) is 11.6 Å².